The van der Waals surface area contributed by atoms with Crippen molar-refractivity contribution in [2.24, 2.45) is 0 Å². The molecule has 5 nitrogen and oxygen atoms in total. The fourth-order valence-electron chi connectivity index (χ4n) is 2.31. The van der Waals surface area contributed by atoms with E-state index in [2.05, 4.69) is 37.2 Å². The number of halogens is 2. The summed E-state index contributed by atoms with van der Waals surface area (Å²) in [6.07, 6.45) is -0.731. The van der Waals surface area contributed by atoms with Gasteiger partial charge in [-0.05, 0) is 50.1 Å². The Morgan fingerprint density at radius 3 is 2.74 bits per heavy atom. The van der Waals surface area contributed by atoms with E-state index < -0.39 is 6.10 Å². The lowest BCUT2D eigenvalue weighted by molar-refractivity contribution is -0.127. The Morgan fingerprint density at radius 2 is 2.09 bits per heavy atom. The Balaban J connectivity index is 1.99. The Kier molecular flexibility index (Phi) is 4.74. The van der Waals surface area contributed by atoms with Crippen molar-refractivity contribution in [3.05, 3.63) is 43.5 Å². The van der Waals surface area contributed by atoms with Crippen molar-refractivity contribution in [2.75, 3.05) is 18.5 Å². The summed E-state index contributed by atoms with van der Waals surface area (Å²) in [7, 11) is 1.55. The monoisotopic (exact) mass is 458 g/mol. The fourth-order valence-corrected chi connectivity index (χ4v) is 4.29. The van der Waals surface area contributed by atoms with Crippen LogP contribution in [-0.4, -0.2) is 31.5 Å². The lowest BCUT2D eigenvalue weighted by atomic mass is 10.1. The second-order valence-corrected chi connectivity index (χ2v) is 8.06. The zero-order chi connectivity index (χ0) is 16.6. The van der Waals surface area contributed by atoms with Crippen LogP contribution in [0.5, 0.6) is 5.75 Å². The average molecular weight is 460 g/mol. The third-order valence-corrected chi connectivity index (χ3v) is 6.66. The van der Waals surface area contributed by atoms with Crippen LogP contribution in [0.25, 0.3) is 0 Å². The summed E-state index contributed by atoms with van der Waals surface area (Å²) >= 11 is 8.13. The van der Waals surface area contributed by atoms with Gasteiger partial charge in [0.05, 0.1) is 20.9 Å². The molecule has 1 aliphatic rings. The van der Waals surface area contributed by atoms with Gasteiger partial charge in [0.25, 0.3) is 11.8 Å². The molecule has 2 heterocycles. The number of anilines is 1. The second-order valence-electron chi connectivity index (χ2n) is 4.84. The molecule has 0 saturated heterocycles. The number of thiophene rings is 1. The van der Waals surface area contributed by atoms with Crippen LogP contribution in [-0.2, 0) is 4.79 Å². The van der Waals surface area contributed by atoms with Gasteiger partial charge >= 0.3 is 0 Å². The zero-order valence-electron chi connectivity index (χ0n) is 12.0. The predicted molar refractivity (Wildman–Crippen MR) is 96.3 cm³/mol. The van der Waals surface area contributed by atoms with Gasteiger partial charge in [0.15, 0.2) is 6.10 Å². The minimum Gasteiger partial charge on any atom is -0.477 e. The molecule has 0 aliphatic carbocycles. The van der Waals surface area contributed by atoms with Crippen molar-refractivity contribution in [3.63, 3.8) is 0 Å². The van der Waals surface area contributed by atoms with Crippen LogP contribution >= 0.6 is 43.2 Å². The van der Waals surface area contributed by atoms with Crippen LogP contribution in [0, 0.1) is 0 Å². The van der Waals surface area contributed by atoms with Gasteiger partial charge < -0.3 is 10.1 Å². The molecular formula is C15H12Br2N2O3S. The normalized spacial score (nSPS) is 16.5. The van der Waals surface area contributed by atoms with Crippen LogP contribution in [0.15, 0.2) is 38.6 Å². The summed E-state index contributed by atoms with van der Waals surface area (Å²) in [4.78, 5) is 27.0. The van der Waals surface area contributed by atoms with Gasteiger partial charge in [-0.25, -0.2) is 0 Å². The highest BCUT2D eigenvalue weighted by molar-refractivity contribution is 9.13. The first-order valence-electron chi connectivity index (χ1n) is 6.75. The Morgan fingerprint density at radius 1 is 1.35 bits per heavy atom. The van der Waals surface area contributed by atoms with Crippen LogP contribution < -0.4 is 15.0 Å². The van der Waals surface area contributed by atoms with E-state index in [-0.39, 0.29) is 18.4 Å². The van der Waals surface area contributed by atoms with E-state index in [0.717, 1.165) is 8.26 Å². The first kappa shape index (κ1) is 16.5. The van der Waals surface area contributed by atoms with Crippen LogP contribution in [0.2, 0.25) is 0 Å². The van der Waals surface area contributed by atoms with E-state index >= 15 is 0 Å². The number of likely N-dealkylation sites (N-methyl/N-ethyl adjacent to an activating group) is 1. The number of hydrogen-bond donors (Lipinski definition) is 1. The van der Waals surface area contributed by atoms with E-state index in [4.69, 9.17) is 4.74 Å². The molecule has 2 aromatic rings. The predicted octanol–water partition coefficient (Wildman–Crippen LogP) is 3.43. The molecule has 1 aromatic carbocycles. The molecule has 1 aromatic heterocycles. The van der Waals surface area contributed by atoms with Gasteiger partial charge in [0.2, 0.25) is 0 Å². The molecule has 0 bridgehead atoms. The van der Waals surface area contributed by atoms with Crippen LogP contribution in [0.4, 0.5) is 5.69 Å². The third-order valence-electron chi connectivity index (χ3n) is 3.41. The zero-order valence-corrected chi connectivity index (χ0v) is 16.0. The van der Waals surface area contributed by atoms with Crippen molar-refractivity contribution in [1.82, 2.24) is 5.32 Å². The van der Waals surface area contributed by atoms with Crippen molar-refractivity contribution < 1.29 is 14.3 Å². The standard InChI is InChI=1S/C15H12Br2N2O3S/c1-18-14(20)11-7-19(9-4-2-3-5-10(9)22-11)15(21)12-6-8(16)13(17)23-12/h2-6,11H,7H2,1H3,(H,18,20). The highest BCUT2D eigenvalue weighted by Crippen LogP contribution is 2.37. The Bertz CT molecular complexity index is 758. The van der Waals surface area contributed by atoms with Gasteiger partial charge in [-0.2, -0.15) is 0 Å². The molecule has 120 valence electrons. The number of benzene rings is 1. The van der Waals surface area contributed by atoms with Crippen LogP contribution in [0.1, 0.15) is 9.67 Å². The molecule has 23 heavy (non-hydrogen) atoms. The second kappa shape index (κ2) is 6.62. The van der Waals surface area contributed by atoms with Gasteiger partial charge in [-0.3, -0.25) is 14.5 Å². The third kappa shape index (κ3) is 3.15. The van der Waals surface area contributed by atoms with Crippen molar-refractivity contribution in [1.29, 1.82) is 0 Å². The number of para-hydroxylation sites is 2. The summed E-state index contributed by atoms with van der Waals surface area (Å²) in [5.41, 5.74) is 0.665. The molecule has 0 radical (unpaired) electrons. The van der Waals surface area contributed by atoms with E-state index in [1.165, 1.54) is 11.3 Å². The summed E-state index contributed by atoms with van der Waals surface area (Å²) in [5, 5.41) is 2.56. The molecule has 3 rings (SSSR count). The molecule has 1 unspecified atom stereocenters. The summed E-state index contributed by atoms with van der Waals surface area (Å²) in [6, 6.07) is 8.98. The number of carbonyl (C=O) groups excluding carboxylic acids is 2. The number of amides is 2. The molecule has 2 amide bonds. The van der Waals surface area contributed by atoms with Crippen molar-refractivity contribution >= 4 is 60.7 Å². The molecule has 0 saturated carbocycles. The van der Waals surface area contributed by atoms with E-state index in [9.17, 15) is 9.59 Å². The average Bonchev–Trinajstić information content (AvgIpc) is 2.91. The lowest BCUT2D eigenvalue weighted by Crippen LogP contribution is -2.50. The lowest BCUT2D eigenvalue weighted by Gasteiger charge is -2.33. The number of carbonyl (C=O) groups is 2. The Hall–Kier alpha value is -1.38. The highest BCUT2D eigenvalue weighted by atomic mass is 79.9. The summed E-state index contributed by atoms with van der Waals surface area (Å²) in [5.74, 6) is 0.104. The SMILES string of the molecule is CNC(=O)C1CN(C(=O)c2cc(Br)c(Br)s2)c2ccccc2O1. The number of hydrogen-bond acceptors (Lipinski definition) is 4. The fraction of sp³-hybridized carbons (Fsp3) is 0.200. The topological polar surface area (TPSA) is 58.6 Å². The van der Waals surface area contributed by atoms with Crippen molar-refractivity contribution in [3.8, 4) is 5.75 Å². The largest absolute Gasteiger partial charge is 0.477 e. The number of ether oxygens (including phenoxy) is 1. The number of nitrogens with one attached hydrogen (secondary N) is 1. The summed E-state index contributed by atoms with van der Waals surface area (Å²) < 4.78 is 7.39. The maximum absolute atomic E-state index is 12.9. The molecule has 1 N–H and O–H groups in total. The van der Waals surface area contributed by atoms with Gasteiger partial charge in [0.1, 0.15) is 5.75 Å². The molecule has 1 aliphatic heterocycles. The minimum atomic E-state index is -0.731. The van der Waals surface area contributed by atoms with Gasteiger partial charge in [-0.15, -0.1) is 11.3 Å². The first-order valence-corrected chi connectivity index (χ1v) is 9.15. The molecule has 0 fully saturated rings. The quantitative estimate of drug-likeness (QED) is 0.748. The number of nitrogens with zero attached hydrogens (tertiary/aromatic N) is 1. The van der Waals surface area contributed by atoms with E-state index in [1.54, 1.807) is 24.1 Å². The molecule has 1 atom stereocenters. The van der Waals surface area contributed by atoms with Crippen LogP contribution in [0.3, 0.4) is 0 Å². The van der Waals surface area contributed by atoms with Gasteiger partial charge in [0, 0.05) is 11.5 Å². The highest BCUT2D eigenvalue weighted by Gasteiger charge is 2.34. The molecular weight excluding hydrogens is 448 g/mol. The smallest absolute Gasteiger partial charge is 0.268 e. The van der Waals surface area contributed by atoms with E-state index in [0.29, 0.717) is 16.3 Å². The first-order chi connectivity index (χ1) is 11.0. The maximum Gasteiger partial charge on any atom is 0.268 e. The molecule has 0 spiro atoms. The maximum atomic E-state index is 12.9. The van der Waals surface area contributed by atoms with E-state index in [1.807, 2.05) is 18.2 Å². The van der Waals surface area contributed by atoms with Crippen molar-refractivity contribution in [2.45, 2.75) is 6.10 Å². The summed E-state index contributed by atoms with van der Waals surface area (Å²) in [6.45, 7) is 0.169. The minimum absolute atomic E-state index is 0.161. The molecule has 8 heteroatoms. The number of fused-ring (bicyclic) bond motifs is 1. The Labute approximate surface area is 153 Å². The van der Waals surface area contributed by atoms with Gasteiger partial charge in [-0.1, -0.05) is 12.1 Å². The number of rotatable bonds is 2.